The van der Waals surface area contributed by atoms with Crippen molar-refractivity contribution in [3.8, 4) is 0 Å². The number of carbonyl (C=O) groups is 1. The highest BCUT2D eigenvalue weighted by molar-refractivity contribution is 5.88. The second kappa shape index (κ2) is 6.43. The third-order valence-electron chi connectivity index (χ3n) is 3.44. The van der Waals surface area contributed by atoms with Crippen LogP contribution in [0.2, 0.25) is 0 Å². The van der Waals surface area contributed by atoms with E-state index in [0.717, 1.165) is 18.2 Å². The molecule has 1 aliphatic carbocycles. The maximum Gasteiger partial charge on any atom is 0.335 e. The molecule has 0 aliphatic heterocycles. The predicted molar refractivity (Wildman–Crippen MR) is 81.9 cm³/mol. The Hall–Kier alpha value is -1.62. The van der Waals surface area contributed by atoms with Crippen molar-refractivity contribution in [1.29, 1.82) is 0 Å². The third-order valence-corrected chi connectivity index (χ3v) is 3.44. The quantitative estimate of drug-likeness (QED) is 0.756. The van der Waals surface area contributed by atoms with Gasteiger partial charge in [-0.3, -0.25) is 0 Å². The zero-order valence-corrected chi connectivity index (χ0v) is 13.0. The van der Waals surface area contributed by atoms with E-state index in [4.69, 9.17) is 4.74 Å². The zero-order valence-electron chi connectivity index (χ0n) is 13.0. The van der Waals surface area contributed by atoms with Gasteiger partial charge in [-0.05, 0) is 30.9 Å². The molecule has 0 bridgehead atoms. The molecule has 0 unspecified atom stereocenters. The first kappa shape index (κ1) is 15.8. The normalized spacial score (nSPS) is 15.0. The molecule has 5 heteroatoms. The first-order chi connectivity index (χ1) is 9.86. The summed E-state index contributed by atoms with van der Waals surface area (Å²) >= 11 is 0. The number of hydrogen-bond acceptors (Lipinski definition) is 4. The number of nitrogens with zero attached hydrogens (tertiary/aromatic N) is 1. The Morgan fingerprint density at radius 1 is 1.43 bits per heavy atom. The van der Waals surface area contributed by atoms with Crippen molar-refractivity contribution in [3.05, 3.63) is 23.4 Å². The maximum absolute atomic E-state index is 11.2. The molecule has 1 fully saturated rings. The molecule has 1 aromatic heterocycles. The van der Waals surface area contributed by atoms with Gasteiger partial charge in [-0.25, -0.2) is 9.78 Å². The highest BCUT2D eigenvalue weighted by Crippen LogP contribution is 2.28. The average molecular weight is 292 g/mol. The van der Waals surface area contributed by atoms with Gasteiger partial charge in [-0.1, -0.05) is 20.8 Å². The Morgan fingerprint density at radius 3 is 2.71 bits per heavy atom. The van der Waals surface area contributed by atoms with Crippen LogP contribution in [0.4, 0.5) is 5.82 Å². The van der Waals surface area contributed by atoms with Crippen LogP contribution >= 0.6 is 0 Å². The topological polar surface area (TPSA) is 71.5 Å². The maximum atomic E-state index is 11.2. The molecule has 2 rings (SSSR count). The van der Waals surface area contributed by atoms with E-state index in [1.54, 1.807) is 12.1 Å². The van der Waals surface area contributed by atoms with Gasteiger partial charge in [0, 0.05) is 24.3 Å². The molecule has 1 saturated carbocycles. The van der Waals surface area contributed by atoms with E-state index in [-0.39, 0.29) is 11.0 Å². The summed E-state index contributed by atoms with van der Waals surface area (Å²) in [5.74, 6) is 0.414. The predicted octanol–water partition coefficient (Wildman–Crippen LogP) is 2.92. The monoisotopic (exact) mass is 292 g/mol. The van der Waals surface area contributed by atoms with Crippen molar-refractivity contribution in [2.24, 2.45) is 5.92 Å². The first-order valence-corrected chi connectivity index (χ1v) is 7.44. The lowest BCUT2D eigenvalue weighted by molar-refractivity contribution is 0.0696. The Kier molecular flexibility index (Phi) is 4.83. The van der Waals surface area contributed by atoms with Crippen LogP contribution in [0.5, 0.6) is 0 Å². The summed E-state index contributed by atoms with van der Waals surface area (Å²) < 4.78 is 5.55. The van der Waals surface area contributed by atoms with Gasteiger partial charge in [-0.15, -0.1) is 0 Å². The number of anilines is 1. The Bertz CT molecular complexity index is 505. The average Bonchev–Trinajstić information content (AvgIpc) is 3.21. The van der Waals surface area contributed by atoms with Crippen molar-refractivity contribution < 1.29 is 14.6 Å². The lowest BCUT2D eigenvalue weighted by atomic mass is 9.91. The van der Waals surface area contributed by atoms with Gasteiger partial charge in [0.15, 0.2) is 0 Å². The summed E-state index contributed by atoms with van der Waals surface area (Å²) in [5.41, 5.74) is 0.838. The third kappa shape index (κ3) is 5.01. The number of nitrogens with one attached hydrogen (secondary N) is 1. The van der Waals surface area contributed by atoms with E-state index in [2.05, 4.69) is 10.3 Å². The highest BCUT2D eigenvalue weighted by atomic mass is 16.5. The molecule has 0 atom stereocenters. The van der Waals surface area contributed by atoms with Crippen molar-refractivity contribution in [3.63, 3.8) is 0 Å². The largest absolute Gasteiger partial charge is 0.478 e. The summed E-state index contributed by atoms with van der Waals surface area (Å²) in [4.78, 5) is 15.7. The molecule has 116 valence electrons. The molecular formula is C16H24N2O3. The molecule has 2 N–H and O–H groups in total. The van der Waals surface area contributed by atoms with Crippen LogP contribution in [0, 0.1) is 5.92 Å². The summed E-state index contributed by atoms with van der Waals surface area (Å²) in [5, 5.41) is 12.3. The zero-order chi connectivity index (χ0) is 15.5. The van der Waals surface area contributed by atoms with E-state index in [9.17, 15) is 9.90 Å². The number of ether oxygens (including phenoxy) is 1. The first-order valence-electron chi connectivity index (χ1n) is 7.44. The van der Waals surface area contributed by atoms with Gasteiger partial charge in [0.05, 0.1) is 12.2 Å². The van der Waals surface area contributed by atoms with Crippen LogP contribution in [0.3, 0.4) is 0 Å². The van der Waals surface area contributed by atoms with Crippen molar-refractivity contribution in [1.82, 2.24) is 4.98 Å². The Labute approximate surface area is 125 Å². The Balaban J connectivity index is 1.96. The lowest BCUT2D eigenvalue weighted by Crippen LogP contribution is -2.18. The second-order valence-electron chi connectivity index (χ2n) is 6.63. The van der Waals surface area contributed by atoms with Crippen molar-refractivity contribution in [2.45, 2.75) is 39.0 Å². The SMILES string of the molecule is CC(C)(C)c1cc(C(=O)O)cc(NCCOCC2CC2)n1. The fourth-order valence-electron chi connectivity index (χ4n) is 1.91. The van der Waals surface area contributed by atoms with Crippen LogP contribution in [0.15, 0.2) is 12.1 Å². The van der Waals surface area contributed by atoms with Gasteiger partial charge < -0.3 is 15.2 Å². The molecule has 1 aliphatic rings. The Morgan fingerprint density at radius 2 is 2.14 bits per heavy atom. The standard InChI is InChI=1S/C16H24N2O3/c1-16(2,3)13-8-12(15(19)20)9-14(18-13)17-6-7-21-10-11-4-5-11/h8-9,11H,4-7,10H2,1-3H3,(H,17,18)(H,19,20). The smallest absolute Gasteiger partial charge is 0.335 e. The minimum atomic E-state index is -0.934. The second-order valence-corrected chi connectivity index (χ2v) is 6.63. The molecular weight excluding hydrogens is 268 g/mol. The number of pyridine rings is 1. The number of rotatable bonds is 7. The highest BCUT2D eigenvalue weighted by Gasteiger charge is 2.21. The van der Waals surface area contributed by atoms with Crippen LogP contribution in [0.25, 0.3) is 0 Å². The molecule has 21 heavy (non-hydrogen) atoms. The van der Waals surface area contributed by atoms with Crippen LogP contribution < -0.4 is 5.32 Å². The summed E-state index contributed by atoms with van der Waals surface area (Å²) in [6.07, 6.45) is 2.56. The summed E-state index contributed by atoms with van der Waals surface area (Å²) in [7, 11) is 0. The minimum Gasteiger partial charge on any atom is -0.478 e. The molecule has 0 aromatic carbocycles. The fourth-order valence-corrected chi connectivity index (χ4v) is 1.91. The minimum absolute atomic E-state index is 0.190. The molecule has 0 spiro atoms. The van der Waals surface area contributed by atoms with Gasteiger partial charge in [0.25, 0.3) is 0 Å². The lowest BCUT2D eigenvalue weighted by Gasteiger charge is -2.19. The number of carboxylic acid groups (broad SMARTS) is 1. The van der Waals surface area contributed by atoms with Gasteiger partial charge >= 0.3 is 5.97 Å². The van der Waals surface area contributed by atoms with E-state index >= 15 is 0 Å². The number of hydrogen-bond donors (Lipinski definition) is 2. The van der Waals surface area contributed by atoms with Gasteiger partial charge in [0.2, 0.25) is 0 Å². The van der Waals surface area contributed by atoms with E-state index in [1.807, 2.05) is 20.8 Å². The van der Waals surface area contributed by atoms with Crippen LogP contribution in [-0.2, 0) is 10.2 Å². The summed E-state index contributed by atoms with van der Waals surface area (Å²) in [6.45, 7) is 8.13. The van der Waals surface area contributed by atoms with Gasteiger partial charge in [0.1, 0.15) is 5.82 Å². The summed E-state index contributed by atoms with van der Waals surface area (Å²) in [6, 6.07) is 3.20. The van der Waals surface area contributed by atoms with Crippen LogP contribution in [-0.4, -0.2) is 35.8 Å². The van der Waals surface area contributed by atoms with Crippen molar-refractivity contribution >= 4 is 11.8 Å². The van der Waals surface area contributed by atoms with E-state index in [1.165, 1.54) is 12.8 Å². The molecule has 1 aromatic rings. The fraction of sp³-hybridized carbons (Fsp3) is 0.625. The van der Waals surface area contributed by atoms with Crippen LogP contribution in [0.1, 0.15) is 49.7 Å². The van der Waals surface area contributed by atoms with E-state index in [0.29, 0.717) is 19.0 Å². The van der Waals surface area contributed by atoms with Crippen molar-refractivity contribution in [2.75, 3.05) is 25.1 Å². The molecule has 5 nitrogen and oxygen atoms in total. The van der Waals surface area contributed by atoms with Gasteiger partial charge in [-0.2, -0.15) is 0 Å². The molecule has 0 amide bonds. The number of carboxylic acids is 1. The molecule has 0 saturated heterocycles. The van der Waals surface area contributed by atoms with E-state index < -0.39 is 5.97 Å². The number of aromatic carboxylic acids is 1. The number of aromatic nitrogens is 1. The molecule has 0 radical (unpaired) electrons. The molecule has 1 heterocycles.